The number of likely N-dealkylation sites (tertiary alicyclic amines) is 1. The van der Waals surface area contributed by atoms with Crippen LogP contribution in [-0.2, 0) is 4.79 Å². The first-order chi connectivity index (χ1) is 11.1. The average Bonchev–Trinajstić information content (AvgIpc) is 3.05. The highest BCUT2D eigenvalue weighted by Crippen LogP contribution is 2.20. The molecule has 0 saturated carbocycles. The molecule has 1 N–H and O–H groups in total. The number of likely N-dealkylation sites (N-methyl/N-ethyl adjacent to an activating group) is 1. The molecule has 0 unspecified atom stereocenters. The van der Waals surface area contributed by atoms with Crippen LogP contribution in [0.4, 0.5) is 0 Å². The van der Waals surface area contributed by atoms with Crippen molar-refractivity contribution in [1.29, 1.82) is 0 Å². The molecule has 0 aliphatic carbocycles. The molecule has 1 aliphatic heterocycles. The summed E-state index contributed by atoms with van der Waals surface area (Å²) in [5, 5.41) is 3.10. The van der Waals surface area contributed by atoms with E-state index in [1.807, 2.05) is 12.1 Å². The topological polar surface area (TPSA) is 48.7 Å². The molecule has 0 bridgehead atoms. The summed E-state index contributed by atoms with van der Waals surface area (Å²) in [6, 6.07) is 3.99. The second-order valence-corrected chi connectivity index (χ2v) is 6.54. The fourth-order valence-electron chi connectivity index (χ4n) is 3.45. The zero-order valence-corrected chi connectivity index (χ0v) is 14.8. The van der Waals surface area contributed by atoms with E-state index in [2.05, 4.69) is 35.9 Å². The molecule has 1 aromatic rings. The second kappa shape index (κ2) is 9.08. The number of rotatable bonds is 8. The molecule has 5 heteroatoms. The average molecular weight is 321 g/mol. The maximum Gasteiger partial charge on any atom is 0.234 e. The van der Waals surface area contributed by atoms with E-state index in [4.69, 9.17) is 4.42 Å². The fourth-order valence-corrected chi connectivity index (χ4v) is 3.45. The Hall–Kier alpha value is -1.33. The summed E-state index contributed by atoms with van der Waals surface area (Å²) in [4.78, 5) is 16.9. The quantitative estimate of drug-likeness (QED) is 0.799. The largest absolute Gasteiger partial charge is 0.468 e. The van der Waals surface area contributed by atoms with Crippen LogP contribution >= 0.6 is 0 Å². The maximum absolute atomic E-state index is 12.3. The molecule has 1 saturated heterocycles. The van der Waals surface area contributed by atoms with Crippen molar-refractivity contribution in [3.8, 4) is 0 Å². The van der Waals surface area contributed by atoms with Gasteiger partial charge in [-0.2, -0.15) is 0 Å². The molecule has 1 amide bonds. The van der Waals surface area contributed by atoms with Crippen molar-refractivity contribution in [3.05, 3.63) is 24.2 Å². The third-order valence-electron chi connectivity index (χ3n) is 4.73. The van der Waals surface area contributed by atoms with Gasteiger partial charge in [0.2, 0.25) is 5.91 Å². The van der Waals surface area contributed by atoms with Gasteiger partial charge in [0.05, 0.1) is 18.8 Å². The first kappa shape index (κ1) is 18.0. The van der Waals surface area contributed by atoms with E-state index in [0.717, 1.165) is 31.9 Å². The molecule has 0 spiro atoms. The van der Waals surface area contributed by atoms with Crippen LogP contribution in [0, 0.1) is 5.92 Å². The lowest BCUT2D eigenvalue weighted by molar-refractivity contribution is -0.122. The molecule has 130 valence electrons. The normalized spacial score (nSPS) is 20.6. The van der Waals surface area contributed by atoms with Crippen molar-refractivity contribution in [2.45, 2.75) is 39.7 Å². The van der Waals surface area contributed by atoms with E-state index in [0.29, 0.717) is 19.0 Å². The predicted molar refractivity (Wildman–Crippen MR) is 92.2 cm³/mol. The molecule has 0 radical (unpaired) electrons. The summed E-state index contributed by atoms with van der Waals surface area (Å²) in [6.07, 6.45) is 4.17. The van der Waals surface area contributed by atoms with Gasteiger partial charge in [0.1, 0.15) is 5.76 Å². The Labute approximate surface area is 140 Å². The number of furan rings is 1. The van der Waals surface area contributed by atoms with Crippen molar-refractivity contribution in [3.63, 3.8) is 0 Å². The third kappa shape index (κ3) is 5.36. The van der Waals surface area contributed by atoms with Crippen molar-refractivity contribution >= 4 is 5.91 Å². The molecule has 2 rings (SSSR count). The van der Waals surface area contributed by atoms with Crippen LogP contribution in [0.5, 0.6) is 0 Å². The van der Waals surface area contributed by atoms with E-state index in [1.54, 1.807) is 6.26 Å². The Morgan fingerprint density at radius 2 is 2.26 bits per heavy atom. The first-order valence-electron chi connectivity index (χ1n) is 8.90. The summed E-state index contributed by atoms with van der Waals surface area (Å²) in [5.74, 6) is 1.73. The molecule has 1 aliphatic rings. The number of nitrogens with one attached hydrogen (secondary N) is 1. The lowest BCUT2D eigenvalue weighted by Crippen LogP contribution is -2.44. The Morgan fingerprint density at radius 1 is 1.48 bits per heavy atom. The number of amides is 1. The summed E-state index contributed by atoms with van der Waals surface area (Å²) >= 11 is 0. The zero-order valence-electron chi connectivity index (χ0n) is 14.8. The highest BCUT2D eigenvalue weighted by molar-refractivity contribution is 5.78. The number of carbonyl (C=O) groups is 1. The molecule has 5 nitrogen and oxygen atoms in total. The van der Waals surface area contributed by atoms with Gasteiger partial charge >= 0.3 is 0 Å². The van der Waals surface area contributed by atoms with E-state index in [9.17, 15) is 4.79 Å². The smallest absolute Gasteiger partial charge is 0.234 e. The number of hydrogen-bond donors (Lipinski definition) is 1. The van der Waals surface area contributed by atoms with Gasteiger partial charge in [-0.05, 0) is 50.5 Å². The molecular weight excluding hydrogens is 290 g/mol. The van der Waals surface area contributed by atoms with Gasteiger partial charge in [0, 0.05) is 13.1 Å². The van der Waals surface area contributed by atoms with Crippen LogP contribution < -0.4 is 5.32 Å². The minimum Gasteiger partial charge on any atom is -0.468 e. The lowest BCUT2D eigenvalue weighted by Gasteiger charge is -2.31. The summed E-state index contributed by atoms with van der Waals surface area (Å²) < 4.78 is 5.57. The number of nitrogens with zero attached hydrogens (tertiary/aromatic N) is 2. The Bertz CT molecular complexity index is 457. The van der Waals surface area contributed by atoms with Gasteiger partial charge < -0.3 is 9.73 Å². The second-order valence-electron chi connectivity index (χ2n) is 6.54. The SMILES string of the molecule is CCN(CC)[C@@H](CNC(=O)CN1CCC[C@H](C)C1)c1ccco1. The molecule has 1 aromatic heterocycles. The highest BCUT2D eigenvalue weighted by atomic mass is 16.3. The first-order valence-corrected chi connectivity index (χ1v) is 8.90. The number of carbonyl (C=O) groups excluding carboxylic acids is 1. The van der Waals surface area contributed by atoms with E-state index < -0.39 is 0 Å². The van der Waals surface area contributed by atoms with Gasteiger partial charge in [-0.1, -0.05) is 20.8 Å². The van der Waals surface area contributed by atoms with Crippen LogP contribution in [0.2, 0.25) is 0 Å². The molecular formula is C18H31N3O2. The molecule has 1 fully saturated rings. The number of piperidine rings is 1. The van der Waals surface area contributed by atoms with Crippen LogP contribution in [-0.4, -0.2) is 55.0 Å². The summed E-state index contributed by atoms with van der Waals surface area (Å²) in [7, 11) is 0. The monoisotopic (exact) mass is 321 g/mol. The zero-order chi connectivity index (χ0) is 16.7. The summed E-state index contributed by atoms with van der Waals surface area (Å²) in [6.45, 7) is 11.6. The van der Waals surface area contributed by atoms with E-state index in [1.165, 1.54) is 12.8 Å². The molecule has 2 heterocycles. The highest BCUT2D eigenvalue weighted by Gasteiger charge is 2.23. The van der Waals surface area contributed by atoms with Gasteiger partial charge in [-0.15, -0.1) is 0 Å². The van der Waals surface area contributed by atoms with Gasteiger partial charge in [0.25, 0.3) is 0 Å². The fraction of sp³-hybridized carbons (Fsp3) is 0.722. The number of hydrogen-bond acceptors (Lipinski definition) is 4. The van der Waals surface area contributed by atoms with Crippen LogP contribution in [0.25, 0.3) is 0 Å². The lowest BCUT2D eigenvalue weighted by atomic mass is 10.0. The molecule has 2 atom stereocenters. The van der Waals surface area contributed by atoms with Crippen LogP contribution in [0.1, 0.15) is 45.4 Å². The van der Waals surface area contributed by atoms with Crippen molar-refractivity contribution in [2.75, 3.05) is 39.3 Å². The molecule has 0 aromatic carbocycles. The van der Waals surface area contributed by atoms with E-state index >= 15 is 0 Å². The van der Waals surface area contributed by atoms with Crippen molar-refractivity contribution in [1.82, 2.24) is 15.1 Å². The Kier molecular flexibility index (Phi) is 7.12. The van der Waals surface area contributed by atoms with Crippen LogP contribution in [0.15, 0.2) is 22.8 Å². The van der Waals surface area contributed by atoms with Gasteiger partial charge in [-0.3, -0.25) is 14.6 Å². The Morgan fingerprint density at radius 3 is 2.87 bits per heavy atom. The van der Waals surface area contributed by atoms with Crippen molar-refractivity contribution in [2.24, 2.45) is 5.92 Å². The maximum atomic E-state index is 12.3. The van der Waals surface area contributed by atoms with Crippen LogP contribution in [0.3, 0.4) is 0 Å². The Balaban J connectivity index is 1.86. The third-order valence-corrected chi connectivity index (χ3v) is 4.73. The van der Waals surface area contributed by atoms with Crippen molar-refractivity contribution < 1.29 is 9.21 Å². The van der Waals surface area contributed by atoms with Gasteiger partial charge in [-0.25, -0.2) is 0 Å². The minimum atomic E-state index is 0.101. The van der Waals surface area contributed by atoms with E-state index in [-0.39, 0.29) is 11.9 Å². The van der Waals surface area contributed by atoms with Gasteiger partial charge in [0.15, 0.2) is 0 Å². The molecule has 23 heavy (non-hydrogen) atoms. The standard InChI is InChI=1S/C18H31N3O2/c1-4-21(5-2)16(17-9-7-11-23-17)12-19-18(22)14-20-10-6-8-15(3)13-20/h7,9,11,15-16H,4-6,8,10,12-14H2,1-3H3,(H,19,22)/t15-,16-/m0/s1. The summed E-state index contributed by atoms with van der Waals surface area (Å²) in [5.41, 5.74) is 0. The minimum absolute atomic E-state index is 0.101. The predicted octanol–water partition coefficient (Wildman–Crippen LogP) is 2.51.